The molecule has 0 radical (unpaired) electrons. The van der Waals surface area contributed by atoms with Crippen LogP contribution < -0.4 is 10.9 Å². The zero-order valence-electron chi connectivity index (χ0n) is 16.4. The van der Waals surface area contributed by atoms with E-state index in [4.69, 9.17) is 27.7 Å². The molecule has 0 aliphatic carbocycles. The van der Waals surface area contributed by atoms with Crippen molar-refractivity contribution in [3.63, 3.8) is 0 Å². The first-order valence-electron chi connectivity index (χ1n) is 9.11. The number of carbonyl (C=O) groups is 1. The molecule has 1 amide bonds. The molecule has 1 atom stereocenters. The van der Waals surface area contributed by atoms with Crippen LogP contribution in [0.5, 0.6) is 0 Å². The number of aromatic nitrogens is 1. The molecule has 0 aliphatic rings. The van der Waals surface area contributed by atoms with E-state index in [2.05, 4.69) is 5.32 Å². The first kappa shape index (κ1) is 23.3. The topological polar surface area (TPSA) is 97.6 Å². The predicted molar refractivity (Wildman–Crippen MR) is 121 cm³/mol. The highest BCUT2D eigenvalue weighted by molar-refractivity contribution is 7.51. The smallest absolute Gasteiger partial charge is 0.326 e. The Bertz CT molecular complexity index is 1180. The van der Waals surface area contributed by atoms with E-state index >= 15 is 0 Å². The summed E-state index contributed by atoms with van der Waals surface area (Å²) in [6.45, 7) is 1.02. The fraction of sp³-hybridized carbons (Fsp3) is 0.143. The molecule has 31 heavy (non-hydrogen) atoms. The quantitative estimate of drug-likeness (QED) is 0.483. The van der Waals surface area contributed by atoms with Crippen molar-refractivity contribution in [1.29, 1.82) is 0 Å². The average Bonchev–Trinajstić information content (AvgIpc) is 2.71. The standard InChI is InChI=1S/C21H19Cl2N2O5P/c1-31(28,29)30-13-25-10-9-16(11-19(25)26)15-7-5-14(6-8-15)12-24-21(27)20-17(22)3-2-4-18(20)23/h2-11H,12-13H2,1H3,(H,24,27)(H,28,29). The third-order valence-electron chi connectivity index (χ3n) is 4.36. The van der Waals surface area contributed by atoms with Crippen LogP contribution >= 0.6 is 30.8 Å². The zero-order valence-corrected chi connectivity index (χ0v) is 18.8. The molecule has 1 heterocycles. The maximum atomic E-state index is 12.4. The van der Waals surface area contributed by atoms with Crippen LogP contribution in [-0.4, -0.2) is 22.0 Å². The molecule has 1 aromatic heterocycles. The molecule has 2 aromatic carbocycles. The molecule has 162 valence electrons. The largest absolute Gasteiger partial charge is 0.348 e. The first-order valence-corrected chi connectivity index (χ1v) is 11.9. The van der Waals surface area contributed by atoms with E-state index in [1.54, 1.807) is 24.3 Å². The molecular weight excluding hydrogens is 462 g/mol. The lowest BCUT2D eigenvalue weighted by Crippen LogP contribution is -2.23. The van der Waals surface area contributed by atoms with Gasteiger partial charge in [-0.05, 0) is 34.9 Å². The van der Waals surface area contributed by atoms with E-state index in [9.17, 15) is 19.0 Å². The van der Waals surface area contributed by atoms with Gasteiger partial charge in [-0.15, -0.1) is 0 Å². The van der Waals surface area contributed by atoms with Gasteiger partial charge in [0.05, 0.1) is 15.6 Å². The maximum absolute atomic E-state index is 12.4. The summed E-state index contributed by atoms with van der Waals surface area (Å²) in [6, 6.07) is 15.3. The van der Waals surface area contributed by atoms with Crippen molar-refractivity contribution < 1.29 is 18.8 Å². The highest BCUT2D eigenvalue weighted by Crippen LogP contribution is 2.36. The summed E-state index contributed by atoms with van der Waals surface area (Å²) >= 11 is 12.1. The van der Waals surface area contributed by atoms with Crippen LogP contribution in [0.3, 0.4) is 0 Å². The summed E-state index contributed by atoms with van der Waals surface area (Å²) in [7, 11) is -3.67. The van der Waals surface area contributed by atoms with Gasteiger partial charge in [0.15, 0.2) is 0 Å². The second-order valence-corrected chi connectivity index (χ2v) is 9.44. The second-order valence-electron chi connectivity index (χ2n) is 6.76. The Balaban J connectivity index is 1.66. The molecule has 0 bridgehead atoms. The minimum absolute atomic E-state index is 0.229. The lowest BCUT2D eigenvalue weighted by atomic mass is 10.0. The summed E-state index contributed by atoms with van der Waals surface area (Å²) in [5, 5.41) is 3.34. The molecule has 2 N–H and O–H groups in total. The van der Waals surface area contributed by atoms with Crippen molar-refractivity contribution in [3.05, 3.63) is 92.3 Å². The Labute approximate surface area is 188 Å². The molecule has 0 saturated heterocycles. The zero-order chi connectivity index (χ0) is 22.6. The van der Waals surface area contributed by atoms with Crippen molar-refractivity contribution in [2.75, 3.05) is 6.66 Å². The number of amides is 1. The fourth-order valence-electron chi connectivity index (χ4n) is 2.76. The third-order valence-corrected chi connectivity index (χ3v) is 5.59. The van der Waals surface area contributed by atoms with E-state index in [1.807, 2.05) is 24.3 Å². The number of hydrogen-bond acceptors (Lipinski definition) is 4. The van der Waals surface area contributed by atoms with Crippen LogP contribution in [0.1, 0.15) is 15.9 Å². The van der Waals surface area contributed by atoms with Gasteiger partial charge in [0.25, 0.3) is 11.5 Å². The molecule has 0 fully saturated rings. The molecule has 3 aromatic rings. The Hall–Kier alpha value is -2.41. The van der Waals surface area contributed by atoms with Gasteiger partial charge in [0.1, 0.15) is 6.73 Å². The number of benzene rings is 2. The van der Waals surface area contributed by atoms with Crippen molar-refractivity contribution >= 4 is 36.7 Å². The molecule has 7 nitrogen and oxygen atoms in total. The SMILES string of the molecule is CP(=O)(O)OCn1ccc(-c2ccc(CNC(=O)c3c(Cl)cccc3Cl)cc2)cc1=O. The molecule has 3 rings (SSSR count). The van der Waals surface area contributed by atoms with Gasteiger partial charge in [-0.25, -0.2) is 0 Å². The first-order chi connectivity index (χ1) is 14.6. The average molecular weight is 481 g/mol. The summed E-state index contributed by atoms with van der Waals surface area (Å²) in [4.78, 5) is 33.8. The van der Waals surface area contributed by atoms with E-state index in [1.165, 1.54) is 16.8 Å². The third kappa shape index (κ3) is 6.29. The van der Waals surface area contributed by atoms with Gasteiger partial charge in [0, 0.05) is 25.5 Å². The van der Waals surface area contributed by atoms with E-state index in [0.717, 1.165) is 17.8 Å². The second kappa shape index (κ2) is 9.81. The summed E-state index contributed by atoms with van der Waals surface area (Å²) < 4.78 is 17.2. The number of rotatable bonds is 7. The lowest BCUT2D eigenvalue weighted by Gasteiger charge is -2.11. The van der Waals surface area contributed by atoms with Gasteiger partial charge in [-0.2, -0.15) is 0 Å². The monoisotopic (exact) mass is 480 g/mol. The van der Waals surface area contributed by atoms with E-state index < -0.39 is 7.60 Å². The van der Waals surface area contributed by atoms with Crippen molar-refractivity contribution in [2.45, 2.75) is 13.3 Å². The Morgan fingerprint density at radius 1 is 1.10 bits per heavy atom. The normalized spacial score (nSPS) is 12.9. The van der Waals surface area contributed by atoms with Crippen LogP contribution in [0.2, 0.25) is 10.0 Å². The van der Waals surface area contributed by atoms with Gasteiger partial charge >= 0.3 is 7.60 Å². The fourth-order valence-corrected chi connectivity index (χ4v) is 3.67. The molecular formula is C21H19Cl2N2O5P. The van der Waals surface area contributed by atoms with Crippen molar-refractivity contribution in [3.8, 4) is 11.1 Å². The number of nitrogens with one attached hydrogen (secondary N) is 1. The number of pyridine rings is 1. The number of halogens is 2. The summed E-state index contributed by atoms with van der Waals surface area (Å²) in [6.07, 6.45) is 1.49. The summed E-state index contributed by atoms with van der Waals surface area (Å²) in [5.74, 6) is -0.370. The van der Waals surface area contributed by atoms with Gasteiger partial charge in [-0.3, -0.25) is 23.2 Å². The van der Waals surface area contributed by atoms with E-state index in [-0.39, 0.29) is 40.4 Å². The molecule has 1 unspecified atom stereocenters. The molecule has 0 saturated carbocycles. The van der Waals surface area contributed by atoms with Crippen LogP contribution in [-0.2, 0) is 22.4 Å². The van der Waals surface area contributed by atoms with Crippen molar-refractivity contribution in [1.82, 2.24) is 9.88 Å². The number of nitrogens with zero attached hydrogens (tertiary/aromatic N) is 1. The molecule has 10 heteroatoms. The molecule has 0 spiro atoms. The van der Waals surface area contributed by atoms with Gasteiger partial charge < -0.3 is 10.2 Å². The minimum Gasteiger partial charge on any atom is -0.348 e. The Kier molecular flexibility index (Phi) is 7.36. The minimum atomic E-state index is -3.67. The highest BCUT2D eigenvalue weighted by atomic mass is 35.5. The Morgan fingerprint density at radius 3 is 2.32 bits per heavy atom. The van der Waals surface area contributed by atoms with E-state index in [0.29, 0.717) is 5.56 Å². The van der Waals surface area contributed by atoms with Crippen LogP contribution in [0.15, 0.2) is 65.6 Å². The molecule has 0 aliphatic heterocycles. The van der Waals surface area contributed by atoms with Crippen LogP contribution in [0, 0.1) is 0 Å². The van der Waals surface area contributed by atoms with Gasteiger partial charge in [-0.1, -0.05) is 53.5 Å². The Morgan fingerprint density at radius 2 is 1.74 bits per heavy atom. The maximum Gasteiger partial charge on any atom is 0.326 e. The number of carbonyl (C=O) groups excluding carboxylic acids is 1. The lowest BCUT2D eigenvalue weighted by molar-refractivity contribution is 0.0951. The van der Waals surface area contributed by atoms with Gasteiger partial charge in [0.2, 0.25) is 0 Å². The van der Waals surface area contributed by atoms with Crippen LogP contribution in [0.25, 0.3) is 11.1 Å². The number of hydrogen-bond donors (Lipinski definition) is 2. The predicted octanol–water partition coefficient (Wildman–Crippen LogP) is 4.54. The highest BCUT2D eigenvalue weighted by Gasteiger charge is 2.14. The van der Waals surface area contributed by atoms with Crippen molar-refractivity contribution in [2.24, 2.45) is 0 Å². The summed E-state index contributed by atoms with van der Waals surface area (Å²) in [5.41, 5.74) is 2.20. The van der Waals surface area contributed by atoms with Crippen LogP contribution in [0.4, 0.5) is 0 Å².